The fraction of sp³-hybridized carbons (Fsp3) is 0.0769. The van der Waals surface area contributed by atoms with Gasteiger partial charge < -0.3 is 5.11 Å². The largest absolute Gasteiger partial charge is 0.505 e. The van der Waals surface area contributed by atoms with E-state index in [1.165, 1.54) is 0 Å². The molecule has 4 nitrogen and oxygen atoms in total. The number of nitrogens with one attached hydrogen (secondary N) is 1. The molecule has 0 heterocycles. The van der Waals surface area contributed by atoms with E-state index in [1.807, 2.05) is 4.72 Å². The Morgan fingerprint density at radius 1 is 1.09 bits per heavy atom. The standard InChI is InChI=1S/C13H8Cl3F2NO3S/c14-6-3-9(16)13(20)11(4-6)23(21,22)19-5-7-10(17)2-1-8(15)12(7)18/h1-4,19-20H,5H2. The zero-order valence-corrected chi connectivity index (χ0v) is 14.2. The molecule has 0 fully saturated rings. The van der Waals surface area contributed by atoms with Crippen LogP contribution in [0.2, 0.25) is 15.1 Å². The van der Waals surface area contributed by atoms with Crippen molar-refractivity contribution in [3.63, 3.8) is 0 Å². The van der Waals surface area contributed by atoms with Crippen molar-refractivity contribution in [2.75, 3.05) is 0 Å². The van der Waals surface area contributed by atoms with Crippen LogP contribution in [0.25, 0.3) is 0 Å². The van der Waals surface area contributed by atoms with Crippen LogP contribution in [0, 0.1) is 11.6 Å². The molecule has 0 aliphatic carbocycles. The molecule has 0 aliphatic heterocycles. The fourth-order valence-electron chi connectivity index (χ4n) is 1.72. The van der Waals surface area contributed by atoms with Gasteiger partial charge in [-0.1, -0.05) is 34.8 Å². The molecule has 0 saturated heterocycles. The molecule has 2 rings (SSSR count). The van der Waals surface area contributed by atoms with Crippen LogP contribution in [-0.4, -0.2) is 13.5 Å². The first-order chi connectivity index (χ1) is 10.6. The first-order valence-electron chi connectivity index (χ1n) is 5.93. The molecule has 0 radical (unpaired) electrons. The predicted molar refractivity (Wildman–Crippen MR) is 83.5 cm³/mol. The number of hydrogen-bond acceptors (Lipinski definition) is 3. The first kappa shape index (κ1) is 18.2. The number of benzene rings is 2. The van der Waals surface area contributed by atoms with Crippen LogP contribution in [0.5, 0.6) is 5.75 Å². The maximum Gasteiger partial charge on any atom is 0.244 e. The zero-order valence-electron chi connectivity index (χ0n) is 11.1. The molecule has 2 N–H and O–H groups in total. The Kier molecular flexibility index (Phi) is 5.37. The fourth-order valence-corrected chi connectivity index (χ4v) is 3.65. The molecule has 0 bridgehead atoms. The second-order valence-electron chi connectivity index (χ2n) is 4.38. The van der Waals surface area contributed by atoms with Gasteiger partial charge in [0, 0.05) is 17.1 Å². The van der Waals surface area contributed by atoms with Crippen LogP contribution >= 0.6 is 34.8 Å². The zero-order chi connectivity index (χ0) is 17.4. The van der Waals surface area contributed by atoms with E-state index in [0.717, 1.165) is 24.3 Å². The van der Waals surface area contributed by atoms with Crippen molar-refractivity contribution in [2.45, 2.75) is 11.4 Å². The van der Waals surface area contributed by atoms with Crippen molar-refractivity contribution in [1.82, 2.24) is 4.72 Å². The van der Waals surface area contributed by atoms with Crippen LogP contribution in [0.4, 0.5) is 8.78 Å². The highest BCUT2D eigenvalue weighted by Gasteiger charge is 2.23. The summed E-state index contributed by atoms with van der Waals surface area (Å²) in [4.78, 5) is -0.613. The van der Waals surface area contributed by atoms with Crippen molar-refractivity contribution in [2.24, 2.45) is 0 Å². The van der Waals surface area contributed by atoms with Crippen LogP contribution < -0.4 is 4.72 Å². The minimum Gasteiger partial charge on any atom is -0.505 e. The van der Waals surface area contributed by atoms with E-state index in [2.05, 4.69) is 0 Å². The number of halogens is 5. The molecule has 0 atom stereocenters. The third-order valence-corrected chi connectivity index (χ3v) is 5.07. The molecule has 0 aromatic heterocycles. The van der Waals surface area contributed by atoms with E-state index in [1.54, 1.807) is 0 Å². The Bertz CT molecular complexity index is 875. The highest BCUT2D eigenvalue weighted by atomic mass is 35.5. The quantitative estimate of drug-likeness (QED) is 0.756. The van der Waals surface area contributed by atoms with Gasteiger partial charge in [-0.15, -0.1) is 0 Å². The van der Waals surface area contributed by atoms with Gasteiger partial charge in [0.25, 0.3) is 0 Å². The first-order valence-corrected chi connectivity index (χ1v) is 8.55. The number of aromatic hydroxyl groups is 1. The number of sulfonamides is 1. The van der Waals surface area contributed by atoms with Gasteiger partial charge in [0.2, 0.25) is 10.0 Å². The summed E-state index contributed by atoms with van der Waals surface area (Å²) < 4.78 is 53.6. The van der Waals surface area contributed by atoms with E-state index in [0.29, 0.717) is 0 Å². The van der Waals surface area contributed by atoms with Crippen molar-refractivity contribution in [3.05, 3.63) is 56.5 Å². The Balaban J connectivity index is 2.36. The molecular formula is C13H8Cl3F2NO3S. The Morgan fingerprint density at radius 2 is 1.74 bits per heavy atom. The number of rotatable bonds is 4. The molecule has 2 aromatic carbocycles. The number of hydrogen-bond donors (Lipinski definition) is 2. The minimum absolute atomic E-state index is 0.0340. The smallest absolute Gasteiger partial charge is 0.244 e. The average molecular weight is 403 g/mol. The summed E-state index contributed by atoms with van der Waals surface area (Å²) >= 11 is 16.9. The lowest BCUT2D eigenvalue weighted by atomic mass is 10.2. The molecule has 0 aliphatic rings. The Hall–Kier alpha value is -1.12. The van der Waals surface area contributed by atoms with Gasteiger partial charge in [-0.25, -0.2) is 21.9 Å². The molecule has 23 heavy (non-hydrogen) atoms. The van der Waals surface area contributed by atoms with Crippen LogP contribution in [-0.2, 0) is 16.6 Å². The third-order valence-electron chi connectivity index (χ3n) is 2.86. The topological polar surface area (TPSA) is 66.4 Å². The lowest BCUT2D eigenvalue weighted by molar-refractivity contribution is 0.458. The van der Waals surface area contributed by atoms with Gasteiger partial charge >= 0.3 is 0 Å². The average Bonchev–Trinajstić information content (AvgIpc) is 2.46. The summed E-state index contributed by atoms with van der Waals surface area (Å²) in [6.07, 6.45) is 0. The molecular weight excluding hydrogens is 395 g/mol. The summed E-state index contributed by atoms with van der Waals surface area (Å²) in [6, 6.07) is 4.01. The normalized spacial score (nSPS) is 11.7. The lowest BCUT2D eigenvalue weighted by Crippen LogP contribution is -2.24. The van der Waals surface area contributed by atoms with Crippen molar-refractivity contribution < 1.29 is 22.3 Å². The highest BCUT2D eigenvalue weighted by Crippen LogP contribution is 2.34. The molecule has 0 spiro atoms. The molecule has 2 aromatic rings. The summed E-state index contributed by atoms with van der Waals surface area (Å²) in [5.41, 5.74) is -0.561. The van der Waals surface area contributed by atoms with Gasteiger partial charge in [0.15, 0.2) is 5.75 Å². The molecule has 0 amide bonds. The predicted octanol–water partition coefficient (Wildman–Crippen LogP) is 4.11. The van der Waals surface area contributed by atoms with Crippen LogP contribution in [0.3, 0.4) is 0 Å². The van der Waals surface area contributed by atoms with Crippen molar-refractivity contribution in [1.29, 1.82) is 0 Å². The number of phenolic OH excluding ortho intramolecular Hbond substituents is 1. The lowest BCUT2D eigenvalue weighted by Gasteiger charge is -2.11. The van der Waals surface area contributed by atoms with Crippen molar-refractivity contribution in [3.8, 4) is 5.75 Å². The summed E-state index contributed by atoms with van der Waals surface area (Å²) in [5.74, 6) is -2.78. The van der Waals surface area contributed by atoms with Crippen molar-refractivity contribution >= 4 is 44.8 Å². The Labute approximate surface area is 145 Å². The maximum absolute atomic E-state index is 13.7. The second-order valence-corrected chi connectivity index (χ2v) is 7.37. The molecule has 10 heteroatoms. The summed E-state index contributed by atoms with van der Waals surface area (Å²) in [5, 5.41) is 9.06. The van der Waals surface area contributed by atoms with Gasteiger partial charge in [-0.2, -0.15) is 0 Å². The van der Waals surface area contributed by atoms with E-state index in [-0.39, 0.29) is 15.1 Å². The third kappa shape index (κ3) is 3.87. The molecule has 124 valence electrons. The minimum atomic E-state index is -4.33. The van der Waals surface area contributed by atoms with E-state index < -0.39 is 44.4 Å². The van der Waals surface area contributed by atoms with Crippen LogP contribution in [0.1, 0.15) is 5.56 Å². The van der Waals surface area contributed by atoms with E-state index in [9.17, 15) is 22.3 Å². The SMILES string of the molecule is O=S(=O)(NCc1c(F)ccc(Cl)c1F)c1cc(Cl)cc(Cl)c1O. The van der Waals surface area contributed by atoms with Gasteiger partial charge in [-0.3, -0.25) is 0 Å². The second kappa shape index (κ2) is 6.78. The maximum atomic E-state index is 13.7. The van der Waals surface area contributed by atoms with Gasteiger partial charge in [0.05, 0.1) is 10.0 Å². The molecule has 0 unspecified atom stereocenters. The van der Waals surface area contributed by atoms with E-state index >= 15 is 0 Å². The van der Waals surface area contributed by atoms with Gasteiger partial charge in [0.1, 0.15) is 16.5 Å². The Morgan fingerprint density at radius 3 is 2.39 bits per heavy atom. The van der Waals surface area contributed by atoms with Crippen LogP contribution in [0.15, 0.2) is 29.2 Å². The number of phenols is 1. The molecule has 0 saturated carbocycles. The van der Waals surface area contributed by atoms with E-state index in [4.69, 9.17) is 34.8 Å². The van der Waals surface area contributed by atoms with Gasteiger partial charge in [-0.05, 0) is 24.3 Å². The monoisotopic (exact) mass is 401 g/mol. The summed E-state index contributed by atoms with van der Waals surface area (Å²) in [7, 11) is -4.33. The highest BCUT2D eigenvalue weighted by molar-refractivity contribution is 7.89. The summed E-state index contributed by atoms with van der Waals surface area (Å²) in [6.45, 7) is -0.718.